The standard InChI is InChI=1S/C7H8AsNO2/c8-5-1-2-7(11)6(3-5)9-4-10/h1-3,9-11H,4H2. The molecule has 0 atom stereocenters. The molecule has 1 aromatic rings. The van der Waals surface area contributed by atoms with Crippen LogP contribution in [0.25, 0.3) is 0 Å². The Balaban J connectivity index is 2.93. The molecule has 0 bridgehead atoms. The summed E-state index contributed by atoms with van der Waals surface area (Å²) >= 11 is 2.36. The molecule has 3 nitrogen and oxygen atoms in total. The molecule has 0 heterocycles. The van der Waals surface area contributed by atoms with Crippen LogP contribution in [0.5, 0.6) is 5.75 Å². The van der Waals surface area contributed by atoms with Crippen LogP contribution in [-0.2, 0) is 0 Å². The number of anilines is 1. The van der Waals surface area contributed by atoms with Crippen molar-refractivity contribution in [1.82, 2.24) is 0 Å². The van der Waals surface area contributed by atoms with E-state index in [1.54, 1.807) is 18.2 Å². The number of aromatic hydroxyl groups is 1. The molecule has 1 aromatic carbocycles. The van der Waals surface area contributed by atoms with Gasteiger partial charge in [0.1, 0.15) is 0 Å². The average Bonchev–Trinajstić information content (AvgIpc) is 1.98. The fourth-order valence-electron chi connectivity index (χ4n) is 0.751. The Morgan fingerprint density at radius 1 is 1.45 bits per heavy atom. The first-order chi connectivity index (χ1) is 5.24. The van der Waals surface area contributed by atoms with Crippen molar-refractivity contribution in [1.29, 1.82) is 0 Å². The molecular weight excluding hydrogens is 205 g/mol. The second kappa shape index (κ2) is 3.65. The van der Waals surface area contributed by atoms with E-state index in [4.69, 9.17) is 5.11 Å². The molecule has 0 aliphatic rings. The first-order valence-corrected chi connectivity index (χ1v) is 4.04. The van der Waals surface area contributed by atoms with Gasteiger partial charge in [-0.15, -0.1) is 0 Å². The molecule has 11 heavy (non-hydrogen) atoms. The molecule has 0 spiro atoms. The summed E-state index contributed by atoms with van der Waals surface area (Å²) in [6.07, 6.45) is 0. The van der Waals surface area contributed by atoms with E-state index in [1.165, 1.54) is 0 Å². The van der Waals surface area contributed by atoms with Crippen LogP contribution in [0, 0.1) is 0 Å². The number of nitrogens with one attached hydrogen (secondary N) is 1. The number of benzene rings is 1. The number of phenols is 1. The summed E-state index contributed by atoms with van der Waals surface area (Å²) in [6, 6.07) is 5.09. The predicted octanol–water partition coefficient (Wildman–Crippen LogP) is -0.452. The van der Waals surface area contributed by atoms with Crippen LogP contribution in [0.4, 0.5) is 5.69 Å². The molecular formula is C7H8AsNO2. The van der Waals surface area contributed by atoms with E-state index >= 15 is 0 Å². The Labute approximate surface area is 73.6 Å². The Hall–Kier alpha value is -0.662. The Morgan fingerprint density at radius 3 is 2.82 bits per heavy atom. The van der Waals surface area contributed by atoms with Crippen LogP contribution in [0.1, 0.15) is 0 Å². The third-order valence-corrected chi connectivity index (χ3v) is 1.83. The fourth-order valence-corrected chi connectivity index (χ4v) is 1.18. The molecule has 0 aromatic heterocycles. The zero-order valence-electron chi connectivity index (χ0n) is 5.78. The number of hydrogen-bond donors (Lipinski definition) is 3. The summed E-state index contributed by atoms with van der Waals surface area (Å²) in [5, 5.41) is 20.3. The van der Waals surface area contributed by atoms with Crippen molar-refractivity contribution in [3.63, 3.8) is 0 Å². The minimum atomic E-state index is -0.177. The third-order valence-electron chi connectivity index (χ3n) is 1.25. The van der Waals surface area contributed by atoms with Gasteiger partial charge in [-0.05, 0) is 0 Å². The monoisotopic (exact) mass is 213 g/mol. The Bertz CT molecular complexity index is 252. The second-order valence-corrected chi connectivity index (χ2v) is 3.12. The quantitative estimate of drug-likeness (QED) is 0.354. The normalized spacial score (nSPS) is 9.64. The van der Waals surface area contributed by atoms with Crippen LogP contribution < -0.4 is 9.67 Å². The maximum absolute atomic E-state index is 9.19. The van der Waals surface area contributed by atoms with Crippen molar-refractivity contribution >= 4 is 26.9 Å². The van der Waals surface area contributed by atoms with Crippen molar-refractivity contribution in [2.24, 2.45) is 0 Å². The number of hydrogen-bond acceptors (Lipinski definition) is 3. The van der Waals surface area contributed by atoms with Crippen LogP contribution in [0.2, 0.25) is 0 Å². The Kier molecular flexibility index (Phi) is 2.80. The van der Waals surface area contributed by atoms with Crippen molar-refractivity contribution in [3.05, 3.63) is 18.2 Å². The summed E-state index contributed by atoms with van der Waals surface area (Å²) < 4.78 is 0.978. The van der Waals surface area contributed by atoms with Gasteiger partial charge in [0.25, 0.3) is 0 Å². The molecule has 2 radical (unpaired) electrons. The van der Waals surface area contributed by atoms with Gasteiger partial charge >= 0.3 is 73.1 Å². The van der Waals surface area contributed by atoms with Crippen molar-refractivity contribution < 1.29 is 10.2 Å². The van der Waals surface area contributed by atoms with Gasteiger partial charge in [0.05, 0.1) is 0 Å². The van der Waals surface area contributed by atoms with Gasteiger partial charge < -0.3 is 0 Å². The van der Waals surface area contributed by atoms with Gasteiger partial charge in [-0.1, -0.05) is 0 Å². The van der Waals surface area contributed by atoms with E-state index in [1.807, 2.05) is 0 Å². The molecule has 0 saturated heterocycles. The molecule has 0 saturated carbocycles. The van der Waals surface area contributed by atoms with Crippen molar-refractivity contribution in [2.75, 3.05) is 12.0 Å². The van der Waals surface area contributed by atoms with Gasteiger partial charge in [0.15, 0.2) is 0 Å². The van der Waals surface area contributed by atoms with Gasteiger partial charge in [-0.25, -0.2) is 0 Å². The molecule has 3 N–H and O–H groups in total. The number of phenolic OH excluding ortho intramolecular Hbond substituents is 1. The van der Waals surface area contributed by atoms with Crippen LogP contribution >= 0.6 is 0 Å². The summed E-state index contributed by atoms with van der Waals surface area (Å²) in [7, 11) is 0. The van der Waals surface area contributed by atoms with Crippen LogP contribution in [-0.4, -0.2) is 33.8 Å². The molecule has 0 fully saturated rings. The average molecular weight is 213 g/mol. The van der Waals surface area contributed by atoms with E-state index in [-0.39, 0.29) is 12.5 Å². The van der Waals surface area contributed by atoms with Crippen molar-refractivity contribution in [2.45, 2.75) is 0 Å². The Morgan fingerprint density at radius 2 is 2.18 bits per heavy atom. The summed E-state index contributed by atoms with van der Waals surface area (Å²) in [6.45, 7) is -0.177. The van der Waals surface area contributed by atoms with E-state index in [2.05, 4.69) is 22.2 Å². The topological polar surface area (TPSA) is 52.5 Å². The first-order valence-electron chi connectivity index (χ1n) is 3.11. The van der Waals surface area contributed by atoms with Gasteiger partial charge in [0, 0.05) is 0 Å². The maximum atomic E-state index is 9.19. The van der Waals surface area contributed by atoms with Gasteiger partial charge in [-0.3, -0.25) is 0 Å². The third kappa shape index (κ3) is 2.14. The zero-order valence-corrected chi connectivity index (χ0v) is 7.66. The SMILES string of the molecule is OCNc1cc([As])ccc1O. The molecule has 0 amide bonds. The molecule has 1 rings (SSSR count). The second-order valence-electron chi connectivity index (χ2n) is 2.04. The van der Waals surface area contributed by atoms with Gasteiger partial charge in [0.2, 0.25) is 0 Å². The minimum absolute atomic E-state index is 0.147. The van der Waals surface area contributed by atoms with E-state index in [0.717, 1.165) is 4.35 Å². The van der Waals surface area contributed by atoms with Crippen molar-refractivity contribution in [3.8, 4) is 5.75 Å². The summed E-state index contributed by atoms with van der Waals surface area (Å²) in [5.74, 6) is 0.147. The fraction of sp³-hybridized carbons (Fsp3) is 0.143. The van der Waals surface area contributed by atoms with E-state index in [0.29, 0.717) is 5.69 Å². The molecule has 4 heteroatoms. The molecule has 0 aliphatic carbocycles. The van der Waals surface area contributed by atoms with Crippen LogP contribution in [0.3, 0.4) is 0 Å². The van der Waals surface area contributed by atoms with Gasteiger partial charge in [-0.2, -0.15) is 0 Å². The predicted molar refractivity (Wildman–Crippen MR) is 44.2 cm³/mol. The zero-order chi connectivity index (χ0) is 8.27. The number of aliphatic hydroxyl groups is 1. The first kappa shape index (κ1) is 8.44. The van der Waals surface area contributed by atoms with E-state index < -0.39 is 0 Å². The molecule has 0 unspecified atom stereocenters. The van der Waals surface area contributed by atoms with Crippen LogP contribution in [0.15, 0.2) is 18.2 Å². The van der Waals surface area contributed by atoms with E-state index in [9.17, 15) is 5.11 Å². The summed E-state index contributed by atoms with van der Waals surface area (Å²) in [5.41, 5.74) is 0.547. The molecule has 0 aliphatic heterocycles. The number of aliphatic hydroxyl groups excluding tert-OH is 1. The number of rotatable bonds is 2. The summed E-state index contributed by atoms with van der Waals surface area (Å²) in [4.78, 5) is 0. The molecule has 58 valence electrons.